The van der Waals surface area contributed by atoms with Crippen molar-refractivity contribution in [1.82, 2.24) is 9.97 Å². The van der Waals surface area contributed by atoms with Crippen LogP contribution in [-0.2, 0) is 4.74 Å². The Labute approximate surface area is 130 Å². The molecule has 0 spiro atoms. The number of hydrogen-bond donors (Lipinski definition) is 0. The molecule has 2 aromatic rings. The Balaban J connectivity index is 2.11. The molecule has 4 nitrogen and oxygen atoms in total. The maximum atomic E-state index is 14.0. The van der Waals surface area contributed by atoms with E-state index < -0.39 is 0 Å². The van der Waals surface area contributed by atoms with Gasteiger partial charge in [-0.15, -0.1) is 0 Å². The van der Waals surface area contributed by atoms with E-state index in [1.54, 1.807) is 13.2 Å². The Bertz CT molecular complexity index is 655. The molecule has 0 radical (unpaired) electrons. The molecular weight excluding hydrogens is 281 g/mol. The molecule has 0 bridgehead atoms. The zero-order chi connectivity index (χ0) is 15.6. The monoisotopic (exact) mass is 303 g/mol. The molecule has 1 aromatic heterocycles. The highest BCUT2D eigenvalue weighted by Crippen LogP contribution is 2.39. The smallest absolute Gasteiger partial charge is 0.149 e. The number of fused-ring (bicyclic) bond motifs is 1. The number of anilines is 1. The van der Waals surface area contributed by atoms with Gasteiger partial charge < -0.3 is 9.64 Å². The summed E-state index contributed by atoms with van der Waals surface area (Å²) in [6.45, 7) is 3.78. The second-order valence-electron chi connectivity index (χ2n) is 6.00. The van der Waals surface area contributed by atoms with Gasteiger partial charge in [0.05, 0.1) is 12.1 Å². The number of hydrogen-bond acceptors (Lipinski definition) is 4. The highest BCUT2D eigenvalue weighted by atomic mass is 19.1. The SMILES string of the molecule is CCCC1(COC)CCCN1c1ncnc2c(F)cccc12. The zero-order valence-electron chi connectivity index (χ0n) is 13.2. The molecule has 0 N–H and O–H groups in total. The van der Waals surface area contributed by atoms with Gasteiger partial charge in [0.1, 0.15) is 23.5 Å². The Morgan fingerprint density at radius 3 is 3.00 bits per heavy atom. The van der Waals surface area contributed by atoms with Crippen LogP contribution >= 0.6 is 0 Å². The average molecular weight is 303 g/mol. The van der Waals surface area contributed by atoms with E-state index in [0.29, 0.717) is 12.1 Å². The molecule has 0 aliphatic carbocycles. The molecule has 0 amide bonds. The molecule has 1 aliphatic rings. The Morgan fingerprint density at radius 2 is 2.23 bits per heavy atom. The molecular formula is C17H22FN3O. The summed E-state index contributed by atoms with van der Waals surface area (Å²) in [7, 11) is 1.74. The molecule has 1 aromatic carbocycles. The first-order valence-corrected chi connectivity index (χ1v) is 7.87. The zero-order valence-corrected chi connectivity index (χ0v) is 13.2. The van der Waals surface area contributed by atoms with Crippen LogP contribution < -0.4 is 4.90 Å². The molecule has 1 atom stereocenters. The number of ether oxygens (including phenoxy) is 1. The highest BCUT2D eigenvalue weighted by Gasteiger charge is 2.41. The van der Waals surface area contributed by atoms with Gasteiger partial charge in [-0.3, -0.25) is 0 Å². The molecule has 3 rings (SSSR count). The first-order valence-electron chi connectivity index (χ1n) is 7.87. The minimum atomic E-state index is -0.298. The minimum Gasteiger partial charge on any atom is -0.382 e. The first kappa shape index (κ1) is 15.2. The first-order chi connectivity index (χ1) is 10.7. The molecule has 0 saturated carbocycles. The predicted octanol–water partition coefficient (Wildman–Crippen LogP) is 3.55. The van der Waals surface area contributed by atoms with Crippen molar-refractivity contribution < 1.29 is 9.13 Å². The van der Waals surface area contributed by atoms with Crippen LogP contribution in [0.2, 0.25) is 0 Å². The van der Waals surface area contributed by atoms with Gasteiger partial charge in [-0.25, -0.2) is 14.4 Å². The van der Waals surface area contributed by atoms with Crippen LogP contribution in [0.25, 0.3) is 10.9 Å². The van der Waals surface area contributed by atoms with Gasteiger partial charge in [-0.05, 0) is 31.4 Å². The lowest BCUT2D eigenvalue weighted by Gasteiger charge is -2.39. The number of para-hydroxylation sites is 1. The molecule has 2 heterocycles. The lowest BCUT2D eigenvalue weighted by molar-refractivity contribution is 0.127. The van der Waals surface area contributed by atoms with E-state index in [4.69, 9.17) is 4.74 Å². The summed E-state index contributed by atoms with van der Waals surface area (Å²) in [5, 5.41) is 0.779. The van der Waals surface area contributed by atoms with Gasteiger partial charge >= 0.3 is 0 Å². The molecule has 1 aliphatic heterocycles. The summed E-state index contributed by atoms with van der Waals surface area (Å²) < 4.78 is 19.5. The van der Waals surface area contributed by atoms with Crippen LogP contribution in [0.4, 0.5) is 10.2 Å². The lowest BCUT2D eigenvalue weighted by atomic mass is 9.91. The topological polar surface area (TPSA) is 38.2 Å². The van der Waals surface area contributed by atoms with Gasteiger partial charge in [-0.1, -0.05) is 19.4 Å². The quantitative estimate of drug-likeness (QED) is 0.846. The van der Waals surface area contributed by atoms with Crippen LogP contribution in [0.15, 0.2) is 24.5 Å². The van der Waals surface area contributed by atoms with E-state index in [0.717, 1.165) is 43.4 Å². The van der Waals surface area contributed by atoms with Crippen LogP contribution in [0.3, 0.4) is 0 Å². The number of aromatic nitrogens is 2. The van der Waals surface area contributed by atoms with Gasteiger partial charge in [-0.2, -0.15) is 0 Å². The fourth-order valence-electron chi connectivity index (χ4n) is 3.74. The number of benzene rings is 1. The maximum Gasteiger partial charge on any atom is 0.149 e. The van der Waals surface area contributed by atoms with Crippen molar-refractivity contribution in [3.05, 3.63) is 30.3 Å². The van der Waals surface area contributed by atoms with Crippen LogP contribution in [0.5, 0.6) is 0 Å². The van der Waals surface area contributed by atoms with E-state index >= 15 is 0 Å². The molecule has 1 saturated heterocycles. The third-order valence-electron chi connectivity index (χ3n) is 4.58. The Hall–Kier alpha value is -1.75. The van der Waals surface area contributed by atoms with Crippen molar-refractivity contribution in [1.29, 1.82) is 0 Å². The van der Waals surface area contributed by atoms with Gasteiger partial charge in [0, 0.05) is 19.0 Å². The fraction of sp³-hybridized carbons (Fsp3) is 0.529. The van der Waals surface area contributed by atoms with Crippen molar-refractivity contribution in [2.75, 3.05) is 25.2 Å². The largest absolute Gasteiger partial charge is 0.382 e. The predicted molar refractivity (Wildman–Crippen MR) is 85.6 cm³/mol. The molecule has 5 heteroatoms. The van der Waals surface area contributed by atoms with Crippen LogP contribution in [0, 0.1) is 5.82 Å². The van der Waals surface area contributed by atoms with Gasteiger partial charge in [0.15, 0.2) is 0 Å². The van der Waals surface area contributed by atoms with E-state index in [-0.39, 0.29) is 11.4 Å². The van der Waals surface area contributed by atoms with Crippen LogP contribution in [-0.4, -0.2) is 35.8 Å². The minimum absolute atomic E-state index is 0.0445. The van der Waals surface area contributed by atoms with Gasteiger partial charge in [0.2, 0.25) is 0 Å². The summed E-state index contributed by atoms with van der Waals surface area (Å²) >= 11 is 0. The Kier molecular flexibility index (Phi) is 4.25. The number of methoxy groups -OCH3 is 1. The van der Waals surface area contributed by atoms with Crippen molar-refractivity contribution >= 4 is 16.7 Å². The van der Waals surface area contributed by atoms with Crippen LogP contribution in [0.1, 0.15) is 32.6 Å². The third kappa shape index (κ3) is 2.43. The summed E-state index contributed by atoms with van der Waals surface area (Å²) in [6, 6.07) is 5.06. The standard InChI is InChI=1S/C17H22FN3O/c1-3-8-17(11-22-2)9-5-10-21(17)16-13-6-4-7-14(18)15(13)19-12-20-16/h4,6-7,12H,3,5,8-11H2,1-2H3. The van der Waals surface area contributed by atoms with E-state index in [1.807, 2.05) is 6.07 Å². The summed E-state index contributed by atoms with van der Waals surface area (Å²) in [6.07, 6.45) is 5.77. The second kappa shape index (κ2) is 6.16. The number of rotatable bonds is 5. The van der Waals surface area contributed by atoms with Crippen molar-refractivity contribution in [3.8, 4) is 0 Å². The number of nitrogens with zero attached hydrogens (tertiary/aromatic N) is 3. The molecule has 1 unspecified atom stereocenters. The van der Waals surface area contributed by atoms with E-state index in [1.165, 1.54) is 12.4 Å². The third-order valence-corrected chi connectivity index (χ3v) is 4.58. The van der Waals surface area contributed by atoms with E-state index in [9.17, 15) is 4.39 Å². The summed E-state index contributed by atoms with van der Waals surface area (Å²) in [5.41, 5.74) is 0.346. The summed E-state index contributed by atoms with van der Waals surface area (Å²) in [4.78, 5) is 10.9. The van der Waals surface area contributed by atoms with Gasteiger partial charge in [0.25, 0.3) is 0 Å². The summed E-state index contributed by atoms with van der Waals surface area (Å²) in [5.74, 6) is 0.528. The molecule has 22 heavy (non-hydrogen) atoms. The fourth-order valence-corrected chi connectivity index (χ4v) is 3.74. The van der Waals surface area contributed by atoms with Crippen molar-refractivity contribution in [3.63, 3.8) is 0 Å². The van der Waals surface area contributed by atoms with Crippen molar-refractivity contribution in [2.45, 2.75) is 38.1 Å². The second-order valence-corrected chi connectivity index (χ2v) is 6.00. The normalized spacial score (nSPS) is 21.7. The maximum absolute atomic E-state index is 14.0. The van der Waals surface area contributed by atoms with E-state index in [2.05, 4.69) is 21.8 Å². The molecule has 118 valence electrons. The Morgan fingerprint density at radius 1 is 1.36 bits per heavy atom. The highest BCUT2D eigenvalue weighted by molar-refractivity contribution is 5.90. The molecule has 1 fully saturated rings. The number of halogens is 1. The lowest BCUT2D eigenvalue weighted by Crippen LogP contribution is -2.48. The van der Waals surface area contributed by atoms with Crippen molar-refractivity contribution in [2.24, 2.45) is 0 Å². The average Bonchev–Trinajstić information content (AvgIpc) is 2.91.